The average molecular weight is 374 g/mol. The summed E-state index contributed by atoms with van der Waals surface area (Å²) in [5.74, 6) is 1.20. The number of nitrogens with one attached hydrogen (secondary N) is 2. The van der Waals surface area contributed by atoms with Gasteiger partial charge in [-0.25, -0.2) is 0 Å². The Bertz CT molecular complexity index is 795. The maximum absolute atomic E-state index is 12.1. The van der Waals surface area contributed by atoms with Crippen molar-refractivity contribution in [2.75, 3.05) is 5.32 Å². The third-order valence-electron chi connectivity index (χ3n) is 4.57. The van der Waals surface area contributed by atoms with Gasteiger partial charge in [0.1, 0.15) is 11.9 Å². The van der Waals surface area contributed by atoms with Crippen molar-refractivity contribution in [3.05, 3.63) is 29.3 Å². The van der Waals surface area contributed by atoms with Crippen LogP contribution in [0.1, 0.15) is 62.6 Å². The molecule has 0 bridgehead atoms. The van der Waals surface area contributed by atoms with Gasteiger partial charge in [-0.05, 0) is 32.1 Å². The van der Waals surface area contributed by atoms with Crippen LogP contribution in [0.3, 0.4) is 0 Å². The number of nitrogens with zero attached hydrogens (tertiary/aromatic N) is 2. The monoisotopic (exact) mass is 374 g/mol. The van der Waals surface area contributed by atoms with E-state index in [0.717, 1.165) is 30.7 Å². The SMILES string of the molecule is Cc1cc(CC(=O)Nc2cc([C@@H]3CCC(OC(=O)CC(C)C)C3)[nH]n2)on1. The fraction of sp³-hybridized carbons (Fsp3) is 0.579. The molecule has 0 aromatic carbocycles. The largest absolute Gasteiger partial charge is 0.462 e. The number of aryl methyl sites for hydroxylation is 1. The van der Waals surface area contributed by atoms with E-state index in [1.807, 2.05) is 19.9 Å². The first-order valence-corrected chi connectivity index (χ1v) is 9.36. The van der Waals surface area contributed by atoms with Crippen molar-refractivity contribution in [3.63, 3.8) is 0 Å². The molecule has 2 heterocycles. The van der Waals surface area contributed by atoms with E-state index in [-0.39, 0.29) is 30.3 Å². The minimum atomic E-state index is -0.212. The van der Waals surface area contributed by atoms with Crippen molar-refractivity contribution in [2.45, 2.75) is 64.9 Å². The standard InChI is InChI=1S/C19H26N4O4/c1-11(2)6-19(25)26-14-5-4-13(8-14)16-10-17(22-21-16)20-18(24)9-15-7-12(3)23-27-15/h7,10-11,13-14H,4-6,8-9H2,1-3H3,(H2,20,21,22,24)/t13-,14?/m1/s1. The Balaban J connectivity index is 1.49. The molecule has 2 aromatic heterocycles. The van der Waals surface area contributed by atoms with Gasteiger partial charge in [0.05, 0.1) is 12.1 Å². The van der Waals surface area contributed by atoms with Gasteiger partial charge in [-0.3, -0.25) is 14.7 Å². The molecule has 0 radical (unpaired) electrons. The minimum Gasteiger partial charge on any atom is -0.462 e. The zero-order chi connectivity index (χ0) is 19.4. The number of rotatable bonds is 7. The van der Waals surface area contributed by atoms with Gasteiger partial charge in [0.2, 0.25) is 5.91 Å². The Morgan fingerprint density at radius 3 is 2.89 bits per heavy atom. The maximum Gasteiger partial charge on any atom is 0.306 e. The minimum absolute atomic E-state index is 0.0442. The highest BCUT2D eigenvalue weighted by atomic mass is 16.5. The molecular formula is C19H26N4O4. The summed E-state index contributed by atoms with van der Waals surface area (Å²) in [7, 11) is 0. The number of hydrogen-bond acceptors (Lipinski definition) is 6. The molecule has 1 fully saturated rings. The molecule has 0 aliphatic heterocycles. The molecule has 8 nitrogen and oxygen atoms in total. The van der Waals surface area contributed by atoms with E-state index in [1.54, 1.807) is 13.0 Å². The van der Waals surface area contributed by atoms with Crippen LogP contribution in [0.5, 0.6) is 0 Å². The molecular weight excluding hydrogens is 348 g/mol. The molecule has 1 unspecified atom stereocenters. The molecule has 1 amide bonds. The van der Waals surface area contributed by atoms with E-state index in [1.165, 1.54) is 0 Å². The van der Waals surface area contributed by atoms with Crippen molar-refractivity contribution in [1.82, 2.24) is 15.4 Å². The van der Waals surface area contributed by atoms with Crippen LogP contribution >= 0.6 is 0 Å². The third kappa shape index (κ3) is 5.42. The molecule has 27 heavy (non-hydrogen) atoms. The van der Waals surface area contributed by atoms with E-state index < -0.39 is 0 Å². The summed E-state index contributed by atoms with van der Waals surface area (Å²) in [6.07, 6.45) is 3.06. The van der Waals surface area contributed by atoms with E-state index >= 15 is 0 Å². The van der Waals surface area contributed by atoms with Crippen LogP contribution in [-0.2, 0) is 20.7 Å². The predicted molar refractivity (Wildman–Crippen MR) is 98.1 cm³/mol. The van der Waals surface area contributed by atoms with Crippen LogP contribution in [0, 0.1) is 12.8 Å². The zero-order valence-corrected chi connectivity index (χ0v) is 15.9. The first-order chi connectivity index (χ1) is 12.9. The highest BCUT2D eigenvalue weighted by Gasteiger charge is 2.30. The molecule has 0 spiro atoms. The Labute approximate surface area is 158 Å². The summed E-state index contributed by atoms with van der Waals surface area (Å²) >= 11 is 0. The summed E-state index contributed by atoms with van der Waals surface area (Å²) in [5, 5.41) is 13.7. The van der Waals surface area contributed by atoms with Gasteiger partial charge in [0.15, 0.2) is 5.82 Å². The fourth-order valence-corrected chi connectivity index (χ4v) is 3.35. The number of carbonyl (C=O) groups excluding carboxylic acids is 2. The second-order valence-electron chi connectivity index (χ2n) is 7.59. The smallest absolute Gasteiger partial charge is 0.306 e. The van der Waals surface area contributed by atoms with Gasteiger partial charge < -0.3 is 14.6 Å². The molecule has 1 aliphatic carbocycles. The van der Waals surface area contributed by atoms with Crippen LogP contribution in [0.4, 0.5) is 5.82 Å². The van der Waals surface area contributed by atoms with Gasteiger partial charge in [-0.2, -0.15) is 5.10 Å². The number of anilines is 1. The molecule has 1 saturated carbocycles. The molecule has 2 aromatic rings. The third-order valence-corrected chi connectivity index (χ3v) is 4.57. The highest BCUT2D eigenvalue weighted by Crippen LogP contribution is 2.36. The van der Waals surface area contributed by atoms with Crippen molar-refractivity contribution in [2.24, 2.45) is 5.92 Å². The molecule has 146 valence electrons. The normalized spacial score (nSPS) is 19.4. The topological polar surface area (TPSA) is 110 Å². The molecule has 1 aliphatic rings. The highest BCUT2D eigenvalue weighted by molar-refractivity contribution is 5.91. The summed E-state index contributed by atoms with van der Waals surface area (Å²) < 4.78 is 10.6. The molecule has 0 saturated heterocycles. The van der Waals surface area contributed by atoms with Gasteiger partial charge in [-0.15, -0.1) is 0 Å². The number of aromatic nitrogens is 3. The van der Waals surface area contributed by atoms with E-state index in [4.69, 9.17) is 9.26 Å². The van der Waals surface area contributed by atoms with Crippen LogP contribution < -0.4 is 5.32 Å². The quantitative estimate of drug-likeness (QED) is 0.721. The molecule has 3 rings (SSSR count). The zero-order valence-electron chi connectivity index (χ0n) is 15.9. The van der Waals surface area contributed by atoms with Crippen molar-refractivity contribution in [1.29, 1.82) is 0 Å². The Hall–Kier alpha value is -2.64. The van der Waals surface area contributed by atoms with Crippen molar-refractivity contribution in [3.8, 4) is 0 Å². The predicted octanol–water partition coefficient (Wildman–Crippen LogP) is 3.11. The van der Waals surface area contributed by atoms with Crippen LogP contribution in [-0.4, -0.2) is 33.3 Å². The van der Waals surface area contributed by atoms with Gasteiger partial charge in [-0.1, -0.05) is 19.0 Å². The Morgan fingerprint density at radius 1 is 1.37 bits per heavy atom. The Morgan fingerprint density at radius 2 is 2.19 bits per heavy atom. The van der Waals surface area contributed by atoms with Gasteiger partial charge >= 0.3 is 5.97 Å². The lowest BCUT2D eigenvalue weighted by atomic mass is 10.0. The van der Waals surface area contributed by atoms with Crippen LogP contribution in [0.25, 0.3) is 0 Å². The summed E-state index contributed by atoms with van der Waals surface area (Å²) in [6.45, 7) is 5.81. The van der Waals surface area contributed by atoms with Crippen molar-refractivity contribution >= 4 is 17.7 Å². The van der Waals surface area contributed by atoms with E-state index in [2.05, 4.69) is 20.7 Å². The molecule has 8 heteroatoms. The number of carbonyl (C=O) groups is 2. The van der Waals surface area contributed by atoms with Gasteiger partial charge in [0, 0.05) is 30.2 Å². The van der Waals surface area contributed by atoms with E-state index in [9.17, 15) is 9.59 Å². The maximum atomic E-state index is 12.1. The summed E-state index contributed by atoms with van der Waals surface area (Å²) in [4.78, 5) is 23.9. The van der Waals surface area contributed by atoms with Crippen LogP contribution in [0.2, 0.25) is 0 Å². The lowest BCUT2D eigenvalue weighted by Crippen LogP contribution is -2.16. The number of hydrogen-bond donors (Lipinski definition) is 2. The Kier molecular flexibility index (Phi) is 5.93. The summed E-state index contributed by atoms with van der Waals surface area (Å²) in [6, 6.07) is 3.57. The average Bonchev–Trinajstić information content (AvgIpc) is 3.28. The number of ether oxygens (including phenoxy) is 1. The number of esters is 1. The lowest BCUT2D eigenvalue weighted by molar-refractivity contribution is -0.149. The van der Waals surface area contributed by atoms with Crippen LogP contribution in [0.15, 0.2) is 16.7 Å². The second-order valence-corrected chi connectivity index (χ2v) is 7.59. The second kappa shape index (κ2) is 8.37. The van der Waals surface area contributed by atoms with Gasteiger partial charge in [0.25, 0.3) is 0 Å². The number of aromatic amines is 1. The van der Waals surface area contributed by atoms with E-state index in [0.29, 0.717) is 23.9 Å². The first kappa shape index (κ1) is 19.1. The first-order valence-electron chi connectivity index (χ1n) is 9.36. The van der Waals surface area contributed by atoms with Crippen molar-refractivity contribution < 1.29 is 18.8 Å². The molecule has 2 N–H and O–H groups in total. The fourth-order valence-electron chi connectivity index (χ4n) is 3.35. The summed E-state index contributed by atoms with van der Waals surface area (Å²) in [5.41, 5.74) is 1.69. The number of amides is 1. The number of H-pyrrole nitrogens is 1. The lowest BCUT2D eigenvalue weighted by Gasteiger charge is -2.13. The molecule has 2 atom stereocenters.